The second kappa shape index (κ2) is 9.93. The molecule has 2 N–H and O–H groups in total. The van der Waals surface area contributed by atoms with Crippen LogP contribution in [0.1, 0.15) is 30.6 Å². The minimum absolute atomic E-state index is 0.155. The Morgan fingerprint density at radius 3 is 2.65 bits per heavy atom. The quantitative estimate of drug-likeness (QED) is 0.530. The average molecular weight is 483 g/mol. The Morgan fingerprint density at radius 1 is 1.09 bits per heavy atom. The number of pyridine rings is 2. The molecule has 3 aromatic rings. The molecule has 2 aliphatic rings. The van der Waals surface area contributed by atoms with Gasteiger partial charge in [0.2, 0.25) is 15.9 Å². The molecule has 1 unspecified atom stereocenters. The first-order chi connectivity index (χ1) is 16.5. The summed E-state index contributed by atoms with van der Waals surface area (Å²) in [5.41, 5.74) is 9.39. The van der Waals surface area contributed by atoms with E-state index in [4.69, 9.17) is 9.72 Å². The molecule has 2 aliphatic heterocycles. The van der Waals surface area contributed by atoms with E-state index < -0.39 is 10.0 Å². The summed E-state index contributed by atoms with van der Waals surface area (Å²) in [6.45, 7) is 5.85. The zero-order valence-corrected chi connectivity index (χ0v) is 20.1. The number of piperazine rings is 1. The molecule has 0 radical (unpaired) electrons. The Balaban J connectivity index is 1.21. The van der Waals surface area contributed by atoms with E-state index in [9.17, 15) is 8.42 Å². The van der Waals surface area contributed by atoms with E-state index in [0.29, 0.717) is 38.6 Å². The van der Waals surface area contributed by atoms with Crippen molar-refractivity contribution in [3.8, 4) is 11.6 Å². The van der Waals surface area contributed by atoms with E-state index in [1.165, 1.54) is 0 Å². The van der Waals surface area contributed by atoms with Crippen LogP contribution in [-0.4, -0.2) is 66.1 Å². The summed E-state index contributed by atoms with van der Waals surface area (Å²) in [6, 6.07) is 14.1. The zero-order chi connectivity index (χ0) is 23.5. The molecule has 1 atom stereocenters. The van der Waals surface area contributed by atoms with Gasteiger partial charge in [0.25, 0.3) is 0 Å². The van der Waals surface area contributed by atoms with Crippen LogP contribution < -0.4 is 15.6 Å². The first-order valence-corrected chi connectivity index (χ1v) is 13.3. The molecule has 0 bridgehead atoms. The number of nitrogens with one attached hydrogen (secondary N) is 2. The number of hydrogen-bond donors (Lipinski definition) is 2. The average Bonchev–Trinajstić information content (AvgIpc) is 3.40. The van der Waals surface area contributed by atoms with Gasteiger partial charge in [-0.15, -0.1) is 0 Å². The van der Waals surface area contributed by atoms with Gasteiger partial charge >= 0.3 is 0 Å². The lowest BCUT2D eigenvalue weighted by atomic mass is 10.1. The fraction of sp³-hybridized carbons (Fsp3) is 0.417. The molecular weight excluding hydrogens is 452 g/mol. The monoisotopic (exact) mass is 482 g/mol. The van der Waals surface area contributed by atoms with Crippen LogP contribution in [0.2, 0.25) is 0 Å². The molecule has 9 nitrogen and oxygen atoms in total. The Labute approximate surface area is 200 Å². The van der Waals surface area contributed by atoms with Gasteiger partial charge in [-0.25, -0.2) is 13.4 Å². The first-order valence-electron chi connectivity index (χ1n) is 11.7. The molecule has 0 spiro atoms. The normalized spacial score (nSPS) is 20.1. The van der Waals surface area contributed by atoms with Crippen LogP contribution in [0.3, 0.4) is 0 Å². The third-order valence-electron chi connectivity index (χ3n) is 6.41. The van der Waals surface area contributed by atoms with Crippen LogP contribution >= 0.6 is 0 Å². The van der Waals surface area contributed by atoms with Crippen molar-refractivity contribution in [2.75, 3.05) is 38.5 Å². The molecule has 4 heterocycles. The molecule has 0 amide bonds. The van der Waals surface area contributed by atoms with Crippen molar-refractivity contribution < 1.29 is 13.2 Å². The summed E-state index contributed by atoms with van der Waals surface area (Å²) in [5, 5.41) is 0.998. The summed E-state index contributed by atoms with van der Waals surface area (Å²) in [5.74, 6) is 1.43. The van der Waals surface area contributed by atoms with Gasteiger partial charge in [0.05, 0.1) is 17.0 Å². The van der Waals surface area contributed by atoms with Crippen molar-refractivity contribution in [1.29, 1.82) is 0 Å². The van der Waals surface area contributed by atoms with Gasteiger partial charge in [-0.2, -0.15) is 4.31 Å². The minimum atomic E-state index is -3.11. The highest BCUT2D eigenvalue weighted by Gasteiger charge is 2.25. The van der Waals surface area contributed by atoms with E-state index in [0.717, 1.165) is 40.9 Å². The zero-order valence-electron chi connectivity index (χ0n) is 19.3. The number of hydrazine groups is 1. The lowest BCUT2D eigenvalue weighted by Gasteiger charge is -2.33. The van der Waals surface area contributed by atoms with Gasteiger partial charge in [-0.1, -0.05) is 12.1 Å². The predicted octanol–water partition coefficient (Wildman–Crippen LogP) is 2.43. The van der Waals surface area contributed by atoms with Crippen LogP contribution in [0.4, 0.5) is 0 Å². The maximum absolute atomic E-state index is 12.1. The van der Waals surface area contributed by atoms with Gasteiger partial charge < -0.3 is 4.74 Å². The number of benzene rings is 1. The Morgan fingerprint density at radius 2 is 1.94 bits per heavy atom. The highest BCUT2D eigenvalue weighted by atomic mass is 32.2. The largest absolute Gasteiger partial charge is 0.439 e. The van der Waals surface area contributed by atoms with E-state index in [1.54, 1.807) is 11.2 Å². The highest BCUT2D eigenvalue weighted by molar-refractivity contribution is 7.89. The van der Waals surface area contributed by atoms with Crippen LogP contribution in [0, 0.1) is 0 Å². The molecule has 34 heavy (non-hydrogen) atoms. The molecular formula is C24H30N6O3S. The molecule has 5 rings (SSSR count). The highest BCUT2D eigenvalue weighted by Crippen LogP contribution is 2.26. The van der Waals surface area contributed by atoms with Crippen LogP contribution in [-0.2, 0) is 16.6 Å². The third kappa shape index (κ3) is 5.21. The van der Waals surface area contributed by atoms with Gasteiger partial charge in [-0.3, -0.25) is 20.7 Å². The topological polar surface area (TPSA) is 99.7 Å². The molecule has 180 valence electrons. The first kappa shape index (κ1) is 23.1. The fourth-order valence-corrected chi connectivity index (χ4v) is 5.47. The lowest BCUT2D eigenvalue weighted by Crippen LogP contribution is -2.48. The Kier molecular flexibility index (Phi) is 6.75. The summed E-state index contributed by atoms with van der Waals surface area (Å²) in [7, 11) is -3.11. The third-order valence-corrected chi connectivity index (χ3v) is 8.29. The lowest BCUT2D eigenvalue weighted by molar-refractivity contribution is 0.180. The molecule has 10 heteroatoms. The van der Waals surface area contributed by atoms with E-state index >= 15 is 0 Å². The predicted molar refractivity (Wildman–Crippen MR) is 131 cm³/mol. The molecule has 2 aromatic heterocycles. The maximum atomic E-state index is 12.1. The molecule has 0 aliphatic carbocycles. The van der Waals surface area contributed by atoms with Crippen molar-refractivity contribution in [1.82, 2.24) is 30.0 Å². The summed E-state index contributed by atoms with van der Waals surface area (Å²) >= 11 is 0. The van der Waals surface area contributed by atoms with E-state index in [2.05, 4.69) is 26.8 Å². The second-order valence-electron chi connectivity index (χ2n) is 8.68. The van der Waals surface area contributed by atoms with Crippen molar-refractivity contribution in [3.05, 3.63) is 59.9 Å². The number of rotatable bonds is 7. The SMILES string of the molecule is CCS(=O)(=O)N1CCN(Cc2ccc3cc(Oc4ccc(C5CCNN5)cn4)ccc3n2)CC1. The van der Waals surface area contributed by atoms with Crippen molar-refractivity contribution >= 4 is 20.9 Å². The molecule has 1 aromatic carbocycles. The Hall–Kier alpha value is -2.63. The van der Waals surface area contributed by atoms with E-state index in [-0.39, 0.29) is 11.8 Å². The van der Waals surface area contributed by atoms with Gasteiger partial charge in [-0.05, 0) is 43.2 Å². The minimum Gasteiger partial charge on any atom is -0.439 e. The summed E-state index contributed by atoms with van der Waals surface area (Å²) in [4.78, 5) is 11.5. The number of ether oxygens (including phenoxy) is 1. The number of fused-ring (bicyclic) bond motifs is 1. The van der Waals surface area contributed by atoms with Crippen LogP contribution in [0.15, 0.2) is 48.7 Å². The smallest absolute Gasteiger partial charge is 0.219 e. The maximum Gasteiger partial charge on any atom is 0.219 e. The van der Waals surface area contributed by atoms with Gasteiger partial charge in [0.1, 0.15) is 5.75 Å². The molecule has 2 saturated heterocycles. The van der Waals surface area contributed by atoms with E-state index in [1.807, 2.05) is 42.6 Å². The second-order valence-corrected chi connectivity index (χ2v) is 10.9. The van der Waals surface area contributed by atoms with Crippen LogP contribution in [0.25, 0.3) is 10.9 Å². The van der Waals surface area contributed by atoms with Crippen molar-refractivity contribution in [2.45, 2.75) is 25.9 Å². The van der Waals surface area contributed by atoms with Crippen LogP contribution in [0.5, 0.6) is 11.6 Å². The summed E-state index contributed by atoms with van der Waals surface area (Å²) in [6.07, 6.45) is 2.89. The van der Waals surface area contributed by atoms with Gasteiger partial charge in [0.15, 0.2) is 0 Å². The van der Waals surface area contributed by atoms with Crippen molar-refractivity contribution in [2.24, 2.45) is 0 Å². The van der Waals surface area contributed by atoms with Crippen molar-refractivity contribution in [3.63, 3.8) is 0 Å². The Bertz CT molecular complexity index is 1240. The number of sulfonamides is 1. The number of aromatic nitrogens is 2. The van der Waals surface area contributed by atoms with Gasteiger partial charge in [0, 0.05) is 63.0 Å². The summed E-state index contributed by atoms with van der Waals surface area (Å²) < 4.78 is 31.7. The standard InChI is InChI=1S/C24H30N6O3S/c1-2-34(31,32)30-13-11-29(12-14-30)17-20-5-3-18-15-21(6-7-22(18)27-20)33-24-8-4-19(16-25-24)23-9-10-26-28-23/h3-8,15-16,23,26,28H,2,9-14,17H2,1H3. The number of nitrogens with zero attached hydrogens (tertiary/aromatic N) is 4. The fourth-order valence-electron chi connectivity index (χ4n) is 4.39. The molecule has 2 fully saturated rings. The number of hydrogen-bond acceptors (Lipinski definition) is 8. The molecule has 0 saturated carbocycles.